The van der Waals surface area contributed by atoms with E-state index in [1.165, 1.54) is 0 Å². The van der Waals surface area contributed by atoms with Crippen LogP contribution in [0, 0.1) is 0 Å². The number of aliphatic hydroxyl groups excluding tert-OH is 2. The number of aliphatic hydroxyl groups is 2. The Kier molecular flexibility index (Phi) is 4.45. The van der Waals surface area contributed by atoms with Gasteiger partial charge in [-0.05, 0) is 5.56 Å². The second-order valence-electron chi connectivity index (χ2n) is 7.33. The Bertz CT molecular complexity index is 559. The van der Waals surface area contributed by atoms with Gasteiger partial charge in [-0.3, -0.25) is 4.79 Å². The number of hydrogen-bond acceptors (Lipinski definition) is 4. The average Bonchev–Trinajstić information content (AvgIpc) is 2.65. The zero-order chi connectivity index (χ0) is 16.6. The van der Waals surface area contributed by atoms with Gasteiger partial charge in [-0.1, -0.05) is 30.3 Å². The Morgan fingerprint density at radius 1 is 1.26 bits per heavy atom. The van der Waals surface area contributed by atoms with Crippen LogP contribution in [0.3, 0.4) is 0 Å². The largest absolute Gasteiger partial charge is 0.461 e. The summed E-state index contributed by atoms with van der Waals surface area (Å²) in [6.45, 7) is -0.257. The second-order valence-corrected chi connectivity index (χ2v) is 7.33. The van der Waals surface area contributed by atoms with Gasteiger partial charge in [0.15, 0.2) is 0 Å². The van der Waals surface area contributed by atoms with Gasteiger partial charge in [-0.2, -0.15) is 0 Å². The maximum Gasteiger partial charge on any atom is 0.316 e. The van der Waals surface area contributed by atoms with Crippen LogP contribution in [0.25, 0.3) is 0 Å². The summed E-state index contributed by atoms with van der Waals surface area (Å²) in [5.74, 6) is -1.01. The van der Waals surface area contributed by atoms with Crippen molar-refractivity contribution in [3.8, 4) is 0 Å². The highest BCUT2D eigenvalue weighted by molar-refractivity contribution is 5.78. The van der Waals surface area contributed by atoms with Crippen LogP contribution in [0.15, 0.2) is 30.3 Å². The number of fused-ring (bicyclic) bond motifs is 2. The topological polar surface area (TPSA) is 66.8 Å². The zero-order valence-corrected chi connectivity index (χ0v) is 13.8. The van der Waals surface area contributed by atoms with E-state index in [0.717, 1.165) is 22.9 Å². The van der Waals surface area contributed by atoms with Crippen molar-refractivity contribution in [1.82, 2.24) is 0 Å². The van der Waals surface area contributed by atoms with Crippen LogP contribution in [-0.4, -0.2) is 65.7 Å². The third-order valence-electron chi connectivity index (χ3n) is 5.74. The second kappa shape index (κ2) is 6.23. The van der Waals surface area contributed by atoms with Crippen molar-refractivity contribution in [3.63, 3.8) is 0 Å². The number of carbonyl (C=O) groups excluding carboxylic acids is 1. The van der Waals surface area contributed by atoms with Gasteiger partial charge in [0, 0.05) is 19.3 Å². The highest BCUT2D eigenvalue weighted by Crippen LogP contribution is 2.41. The van der Waals surface area contributed by atoms with E-state index in [1.807, 2.05) is 30.3 Å². The van der Waals surface area contributed by atoms with Gasteiger partial charge in [0.1, 0.15) is 24.2 Å². The summed E-state index contributed by atoms with van der Waals surface area (Å²) in [5, 5.41) is 19.8. The third-order valence-corrected chi connectivity index (χ3v) is 5.74. The van der Waals surface area contributed by atoms with E-state index in [2.05, 4.69) is 14.1 Å². The lowest BCUT2D eigenvalue weighted by Gasteiger charge is -2.44. The fourth-order valence-corrected chi connectivity index (χ4v) is 4.23. The van der Waals surface area contributed by atoms with Crippen molar-refractivity contribution in [2.24, 2.45) is 0 Å². The predicted octanol–water partition coefficient (Wildman–Crippen LogP) is 1.05. The minimum atomic E-state index is -0.636. The van der Waals surface area contributed by atoms with Gasteiger partial charge in [0.25, 0.3) is 0 Å². The molecule has 0 spiro atoms. The highest BCUT2D eigenvalue weighted by Gasteiger charge is 2.55. The van der Waals surface area contributed by atoms with Crippen molar-refractivity contribution < 1.29 is 24.2 Å². The lowest BCUT2D eigenvalue weighted by Crippen LogP contribution is -2.57. The van der Waals surface area contributed by atoms with Gasteiger partial charge in [0.05, 0.1) is 26.7 Å². The van der Waals surface area contributed by atoms with E-state index >= 15 is 0 Å². The number of quaternary nitrogens is 1. The van der Waals surface area contributed by atoms with Gasteiger partial charge in [-0.25, -0.2) is 0 Å². The number of esters is 1. The normalized spacial score (nSPS) is 33.2. The molecule has 0 aromatic heterocycles. The Hall–Kier alpha value is -1.43. The maximum atomic E-state index is 12.5. The number of ether oxygens (including phenoxy) is 1. The molecule has 1 aromatic carbocycles. The molecule has 2 N–H and O–H groups in total. The molecule has 3 rings (SSSR count). The van der Waals surface area contributed by atoms with Gasteiger partial charge < -0.3 is 19.4 Å². The molecule has 0 unspecified atom stereocenters. The van der Waals surface area contributed by atoms with Crippen molar-refractivity contribution in [1.29, 1.82) is 0 Å². The fraction of sp³-hybridized carbons (Fsp3) is 0.611. The van der Waals surface area contributed by atoms with Crippen LogP contribution < -0.4 is 0 Å². The SMILES string of the molecule is C[N+]1(C)[C@H]2C[C@@H](OC(=O)[C@@H](CO)c3ccccc3)C[C@@H]1[C@H](O)C2. The molecular formula is C18H26NO4+. The lowest BCUT2D eigenvalue weighted by atomic mass is 9.96. The summed E-state index contributed by atoms with van der Waals surface area (Å²) >= 11 is 0. The molecule has 1 aromatic rings. The van der Waals surface area contributed by atoms with E-state index in [9.17, 15) is 15.0 Å². The fourth-order valence-electron chi connectivity index (χ4n) is 4.23. The molecule has 2 saturated heterocycles. The molecule has 2 aliphatic heterocycles. The summed E-state index contributed by atoms with van der Waals surface area (Å²) < 4.78 is 6.50. The van der Waals surface area contributed by atoms with Gasteiger partial charge >= 0.3 is 5.97 Å². The molecule has 0 radical (unpaired) electrons. The quantitative estimate of drug-likeness (QED) is 0.643. The number of carbonyl (C=O) groups is 1. The first-order valence-corrected chi connectivity index (χ1v) is 8.31. The maximum absolute atomic E-state index is 12.5. The highest BCUT2D eigenvalue weighted by atomic mass is 16.5. The number of piperidine rings is 1. The van der Waals surface area contributed by atoms with E-state index in [-0.39, 0.29) is 30.8 Å². The third kappa shape index (κ3) is 3.01. The zero-order valence-electron chi connectivity index (χ0n) is 13.8. The monoisotopic (exact) mass is 320 g/mol. The standard InChI is InChI=1S/C18H26NO4/c1-19(2)13-8-14(10-16(19)17(21)9-13)23-18(22)15(11-20)12-6-4-3-5-7-12/h3-7,13-17,20-21H,8-11H2,1-2H3/q+1/t13-,14+,15-,16+,17+/m0/s1. The van der Waals surface area contributed by atoms with E-state index in [4.69, 9.17) is 4.74 Å². The van der Waals surface area contributed by atoms with Crippen LogP contribution in [0.4, 0.5) is 0 Å². The first-order valence-electron chi connectivity index (χ1n) is 8.31. The Labute approximate surface area is 137 Å². The molecule has 126 valence electrons. The molecule has 23 heavy (non-hydrogen) atoms. The molecule has 5 heteroatoms. The minimum Gasteiger partial charge on any atom is -0.461 e. The number of rotatable bonds is 4. The Balaban J connectivity index is 1.67. The van der Waals surface area contributed by atoms with Crippen LogP contribution in [0.2, 0.25) is 0 Å². The summed E-state index contributed by atoms with van der Waals surface area (Å²) in [6.07, 6.45) is 1.75. The summed E-state index contributed by atoms with van der Waals surface area (Å²) in [4.78, 5) is 12.5. The molecule has 0 aliphatic carbocycles. The molecule has 2 fully saturated rings. The van der Waals surface area contributed by atoms with Crippen molar-refractivity contribution >= 4 is 5.97 Å². The number of benzene rings is 1. The number of likely N-dealkylation sites (N-methyl/N-ethyl adjacent to an activating group) is 1. The molecule has 2 heterocycles. The first kappa shape index (κ1) is 16.4. The molecule has 2 bridgehead atoms. The van der Waals surface area contributed by atoms with E-state index in [0.29, 0.717) is 12.5 Å². The molecule has 0 amide bonds. The molecule has 2 aliphatic rings. The van der Waals surface area contributed by atoms with Gasteiger partial charge in [-0.15, -0.1) is 0 Å². The van der Waals surface area contributed by atoms with Crippen molar-refractivity contribution in [3.05, 3.63) is 35.9 Å². The van der Waals surface area contributed by atoms with Crippen LogP contribution in [0.1, 0.15) is 30.7 Å². The van der Waals surface area contributed by atoms with Crippen LogP contribution in [-0.2, 0) is 9.53 Å². The molecule has 0 saturated carbocycles. The predicted molar refractivity (Wildman–Crippen MR) is 85.7 cm³/mol. The van der Waals surface area contributed by atoms with Crippen molar-refractivity contribution in [2.75, 3.05) is 20.7 Å². The minimum absolute atomic E-state index is 0.121. The summed E-state index contributed by atoms with van der Waals surface area (Å²) in [7, 11) is 4.29. The smallest absolute Gasteiger partial charge is 0.316 e. The summed E-state index contributed by atoms with van der Waals surface area (Å²) in [5.41, 5.74) is 0.773. The average molecular weight is 320 g/mol. The van der Waals surface area contributed by atoms with E-state index < -0.39 is 5.92 Å². The lowest BCUT2D eigenvalue weighted by molar-refractivity contribution is -0.932. The van der Waals surface area contributed by atoms with E-state index in [1.54, 1.807) is 0 Å². The molecule has 5 atom stereocenters. The Morgan fingerprint density at radius 2 is 1.96 bits per heavy atom. The van der Waals surface area contributed by atoms with Crippen LogP contribution in [0.5, 0.6) is 0 Å². The van der Waals surface area contributed by atoms with Crippen LogP contribution >= 0.6 is 0 Å². The Morgan fingerprint density at radius 3 is 2.57 bits per heavy atom. The number of hydrogen-bond donors (Lipinski definition) is 2. The van der Waals surface area contributed by atoms with Crippen molar-refractivity contribution in [2.45, 2.75) is 49.5 Å². The molecular weight excluding hydrogens is 294 g/mol. The summed E-state index contributed by atoms with van der Waals surface area (Å²) in [6, 6.07) is 9.68. The number of nitrogens with zero attached hydrogens (tertiary/aromatic N) is 1. The van der Waals surface area contributed by atoms with Gasteiger partial charge in [0.2, 0.25) is 0 Å². The first-order chi connectivity index (χ1) is 10.9. The molecule has 5 nitrogen and oxygen atoms in total.